The molecule has 0 radical (unpaired) electrons. The van der Waals surface area contributed by atoms with Gasteiger partial charge in [-0.2, -0.15) is 0 Å². The molecule has 0 heterocycles. The highest BCUT2D eigenvalue weighted by Crippen LogP contribution is 2.45. The second-order valence-corrected chi connectivity index (χ2v) is 34.8. The van der Waals surface area contributed by atoms with Crippen molar-refractivity contribution in [3.05, 3.63) is 0 Å². The first-order chi connectivity index (χ1) is 49.6. The number of rotatable bonds is 81. The van der Waals surface area contributed by atoms with Gasteiger partial charge in [-0.3, -0.25) is 37.3 Å². The molecule has 0 aliphatic rings. The summed E-state index contributed by atoms with van der Waals surface area (Å²) in [6, 6.07) is 0. The fourth-order valence-corrected chi connectivity index (χ4v) is 14.5. The summed E-state index contributed by atoms with van der Waals surface area (Å²) in [7, 11) is -9.92. The molecule has 0 aliphatic carbocycles. The normalized spacial score (nSPS) is 14.2. The van der Waals surface area contributed by atoms with Gasteiger partial charge in [0.2, 0.25) is 0 Å². The minimum absolute atomic E-state index is 0.104. The van der Waals surface area contributed by atoms with E-state index in [-0.39, 0.29) is 25.7 Å². The van der Waals surface area contributed by atoms with Crippen LogP contribution in [0.2, 0.25) is 0 Å². The van der Waals surface area contributed by atoms with Crippen LogP contribution in [0.25, 0.3) is 0 Å². The molecule has 17 nitrogen and oxygen atoms in total. The maximum absolute atomic E-state index is 13.1. The van der Waals surface area contributed by atoms with E-state index in [9.17, 15) is 43.2 Å². The molecule has 0 rings (SSSR count). The Hall–Kier alpha value is -1.94. The Morgan fingerprint density at radius 3 is 0.689 bits per heavy atom. The van der Waals surface area contributed by atoms with Gasteiger partial charge < -0.3 is 33.8 Å². The lowest BCUT2D eigenvalue weighted by atomic mass is 9.99. The molecule has 4 unspecified atom stereocenters. The SMILES string of the molecule is CCC(C)CCCCCCCCCCCCCCCCCCCCC(=O)OC[C@H](COP(=O)(O)OCC(O)COP(=O)(O)OC[C@@H](COC(=O)CCCCCCCCCC(C)C)OC(=O)CCCCCCCCCCCC(C)C)OC(=O)CCCCCCCCCCCCCCCCCCC(C)C. The van der Waals surface area contributed by atoms with Crippen LogP contribution >= 0.6 is 15.6 Å². The summed E-state index contributed by atoms with van der Waals surface area (Å²) in [5, 5.41) is 10.6. The summed E-state index contributed by atoms with van der Waals surface area (Å²) in [6.07, 6.45) is 61.3. The number of aliphatic hydroxyl groups excluding tert-OH is 1. The Labute approximate surface area is 632 Å². The van der Waals surface area contributed by atoms with Gasteiger partial charge in [-0.15, -0.1) is 0 Å². The van der Waals surface area contributed by atoms with Gasteiger partial charge in [0.05, 0.1) is 26.4 Å². The molecule has 0 aliphatic heterocycles. The summed E-state index contributed by atoms with van der Waals surface area (Å²) in [5.41, 5.74) is 0. The number of phosphoric acid groups is 2. The van der Waals surface area contributed by atoms with E-state index in [1.54, 1.807) is 0 Å². The van der Waals surface area contributed by atoms with Crippen molar-refractivity contribution in [2.24, 2.45) is 23.7 Å². The zero-order valence-corrected chi connectivity index (χ0v) is 69.7. The second-order valence-electron chi connectivity index (χ2n) is 31.9. The van der Waals surface area contributed by atoms with E-state index in [0.717, 1.165) is 114 Å². The van der Waals surface area contributed by atoms with Gasteiger partial charge in [-0.1, -0.05) is 383 Å². The van der Waals surface area contributed by atoms with Crippen LogP contribution in [-0.2, 0) is 65.4 Å². The van der Waals surface area contributed by atoms with Crippen molar-refractivity contribution in [2.75, 3.05) is 39.6 Å². The molecule has 0 fully saturated rings. The van der Waals surface area contributed by atoms with E-state index >= 15 is 0 Å². The average molecular weight is 1510 g/mol. The van der Waals surface area contributed by atoms with E-state index in [4.69, 9.17) is 37.0 Å². The second kappa shape index (κ2) is 72.9. The van der Waals surface area contributed by atoms with E-state index < -0.39 is 97.5 Å². The van der Waals surface area contributed by atoms with Crippen molar-refractivity contribution < 1.29 is 80.2 Å². The first-order valence-electron chi connectivity index (χ1n) is 43.2. The standard InChI is InChI=1S/C84H164O17P2/c1-9-77(8)63-55-47-39-31-25-21-17-12-10-11-13-18-22-26-32-40-48-56-64-81(86)94-70-79(100-83(88)66-58-50-41-33-27-23-19-15-14-16-20-24-29-36-44-52-60-74(2)3)72-98-102(90,91)96-68-78(85)69-97-103(92,93)99-73-80(71-95-82(87)65-57-49-43-35-38-46-54-62-76(6)7)101-84(89)67-59-51-42-34-28-30-37-45-53-61-75(4)5/h74-80,85H,9-73H2,1-8H3,(H,90,91)(H,92,93)/t77?,78?,79-,80-/m1/s1. The van der Waals surface area contributed by atoms with Gasteiger partial charge in [-0.25, -0.2) is 9.13 Å². The molecule has 103 heavy (non-hydrogen) atoms. The fourth-order valence-electron chi connectivity index (χ4n) is 12.9. The molecular formula is C84H164O17P2. The van der Waals surface area contributed by atoms with Gasteiger partial charge >= 0.3 is 39.5 Å². The molecule has 612 valence electrons. The lowest BCUT2D eigenvalue weighted by molar-refractivity contribution is -0.161. The molecule has 0 bridgehead atoms. The Kier molecular flexibility index (Phi) is 71.5. The van der Waals surface area contributed by atoms with Gasteiger partial charge in [0.15, 0.2) is 12.2 Å². The van der Waals surface area contributed by atoms with Gasteiger partial charge in [0.1, 0.15) is 19.3 Å². The number of aliphatic hydroxyl groups is 1. The number of carbonyl (C=O) groups excluding carboxylic acids is 4. The number of esters is 4. The maximum atomic E-state index is 13.1. The third kappa shape index (κ3) is 76.6. The molecule has 0 amide bonds. The van der Waals surface area contributed by atoms with E-state index in [1.165, 1.54) is 231 Å². The molecule has 0 saturated carbocycles. The van der Waals surface area contributed by atoms with Crippen LogP contribution in [0.1, 0.15) is 434 Å². The van der Waals surface area contributed by atoms with Crippen LogP contribution in [0.15, 0.2) is 0 Å². The van der Waals surface area contributed by atoms with Gasteiger partial charge in [0.25, 0.3) is 0 Å². The molecule has 0 saturated heterocycles. The molecule has 0 aromatic carbocycles. The predicted molar refractivity (Wildman–Crippen MR) is 423 cm³/mol. The van der Waals surface area contributed by atoms with Crippen LogP contribution in [-0.4, -0.2) is 96.7 Å². The summed E-state index contributed by atoms with van der Waals surface area (Å²) in [5.74, 6) is 1.01. The third-order valence-corrected chi connectivity index (χ3v) is 21.8. The third-order valence-electron chi connectivity index (χ3n) is 19.9. The molecule has 0 spiro atoms. The monoisotopic (exact) mass is 1510 g/mol. The molecule has 0 aromatic heterocycles. The number of ether oxygens (including phenoxy) is 4. The highest BCUT2D eigenvalue weighted by molar-refractivity contribution is 7.47. The van der Waals surface area contributed by atoms with Crippen LogP contribution < -0.4 is 0 Å². The van der Waals surface area contributed by atoms with Crippen molar-refractivity contribution in [3.63, 3.8) is 0 Å². The smallest absolute Gasteiger partial charge is 0.462 e. The Balaban J connectivity index is 5.20. The summed E-state index contributed by atoms with van der Waals surface area (Å²) in [6.45, 7) is 14.3. The first kappa shape index (κ1) is 101. The summed E-state index contributed by atoms with van der Waals surface area (Å²) >= 11 is 0. The Morgan fingerprint density at radius 1 is 0.272 bits per heavy atom. The molecule has 19 heteroatoms. The Morgan fingerprint density at radius 2 is 0.466 bits per heavy atom. The summed E-state index contributed by atoms with van der Waals surface area (Å²) in [4.78, 5) is 73.1. The van der Waals surface area contributed by atoms with Crippen LogP contribution in [0.5, 0.6) is 0 Å². The predicted octanol–water partition coefficient (Wildman–Crippen LogP) is 25.2. The van der Waals surface area contributed by atoms with Crippen molar-refractivity contribution in [1.82, 2.24) is 0 Å². The zero-order valence-electron chi connectivity index (χ0n) is 68.0. The van der Waals surface area contributed by atoms with Crippen molar-refractivity contribution in [1.29, 1.82) is 0 Å². The van der Waals surface area contributed by atoms with Crippen LogP contribution in [0.3, 0.4) is 0 Å². The van der Waals surface area contributed by atoms with Gasteiger partial charge in [-0.05, 0) is 49.4 Å². The number of unbranched alkanes of at least 4 members (excludes halogenated alkanes) is 46. The number of carbonyl (C=O) groups is 4. The molecule has 0 aromatic rings. The number of phosphoric ester groups is 2. The summed E-state index contributed by atoms with van der Waals surface area (Å²) < 4.78 is 68.8. The van der Waals surface area contributed by atoms with Crippen LogP contribution in [0.4, 0.5) is 0 Å². The number of hydrogen-bond acceptors (Lipinski definition) is 15. The van der Waals surface area contributed by atoms with E-state index in [0.29, 0.717) is 31.6 Å². The topological polar surface area (TPSA) is 237 Å². The number of hydrogen-bond donors (Lipinski definition) is 3. The maximum Gasteiger partial charge on any atom is 0.472 e. The Bertz CT molecular complexity index is 2010. The highest BCUT2D eigenvalue weighted by atomic mass is 31.2. The lowest BCUT2D eigenvalue weighted by Gasteiger charge is -2.21. The average Bonchev–Trinajstić information content (AvgIpc) is 0.961. The molecular weight excluding hydrogens is 1340 g/mol. The fraction of sp³-hybridized carbons (Fsp3) is 0.952. The quantitative estimate of drug-likeness (QED) is 0.0222. The van der Waals surface area contributed by atoms with Crippen molar-refractivity contribution >= 4 is 39.5 Å². The first-order valence-corrected chi connectivity index (χ1v) is 46.2. The van der Waals surface area contributed by atoms with Gasteiger partial charge in [0, 0.05) is 25.7 Å². The van der Waals surface area contributed by atoms with E-state index in [1.807, 2.05) is 0 Å². The van der Waals surface area contributed by atoms with Crippen molar-refractivity contribution in [3.8, 4) is 0 Å². The zero-order chi connectivity index (χ0) is 76.0. The van der Waals surface area contributed by atoms with E-state index in [2.05, 4.69) is 55.4 Å². The largest absolute Gasteiger partial charge is 0.472 e. The minimum atomic E-state index is -4.97. The highest BCUT2D eigenvalue weighted by Gasteiger charge is 2.30. The molecule has 3 N–H and O–H groups in total. The molecule has 6 atom stereocenters. The minimum Gasteiger partial charge on any atom is -0.462 e. The van der Waals surface area contributed by atoms with Crippen LogP contribution in [0, 0.1) is 23.7 Å². The van der Waals surface area contributed by atoms with Crippen molar-refractivity contribution in [2.45, 2.75) is 453 Å². The lowest BCUT2D eigenvalue weighted by Crippen LogP contribution is -2.30.